The highest BCUT2D eigenvalue weighted by molar-refractivity contribution is 6.22. The predicted octanol–water partition coefficient (Wildman–Crippen LogP) is 14.8. The first-order chi connectivity index (χ1) is 26.0. The zero-order chi connectivity index (χ0) is 35.3. The topological polar surface area (TPSA) is 0 Å². The summed E-state index contributed by atoms with van der Waals surface area (Å²) in [5, 5.41) is 12.8. The van der Waals surface area contributed by atoms with Gasteiger partial charge in [-0.1, -0.05) is 172 Å². The molecule has 0 radical (unpaired) electrons. The van der Waals surface area contributed by atoms with Gasteiger partial charge >= 0.3 is 0 Å². The molecule has 0 fully saturated rings. The maximum Gasteiger partial charge on any atom is 0.0165 e. The summed E-state index contributed by atoms with van der Waals surface area (Å²) in [7, 11) is 0. The number of hydrogen-bond donors (Lipinski definition) is 0. The molecule has 10 aromatic carbocycles. The summed E-state index contributed by atoms with van der Waals surface area (Å²) in [5.74, 6) is 0. The number of benzene rings is 10. The van der Waals surface area contributed by atoms with E-state index < -0.39 is 0 Å². The average Bonchev–Trinajstić information content (AvgIpc) is 3.43. The molecular weight excluding hydrogens is 637 g/mol. The fourth-order valence-electron chi connectivity index (χ4n) is 9.56. The van der Waals surface area contributed by atoms with Crippen LogP contribution in [0.1, 0.15) is 25.0 Å². The molecule has 0 saturated heterocycles. The predicted molar refractivity (Wildman–Crippen MR) is 228 cm³/mol. The lowest BCUT2D eigenvalue weighted by Crippen LogP contribution is -2.16. The lowest BCUT2D eigenvalue weighted by Gasteiger charge is -2.25. The summed E-state index contributed by atoms with van der Waals surface area (Å²) in [4.78, 5) is 0. The fourth-order valence-corrected chi connectivity index (χ4v) is 9.56. The Morgan fingerprint density at radius 1 is 0.302 bits per heavy atom. The minimum atomic E-state index is -0.131. The van der Waals surface area contributed by atoms with Gasteiger partial charge in [-0.05, 0) is 134 Å². The van der Waals surface area contributed by atoms with Crippen molar-refractivity contribution in [2.24, 2.45) is 0 Å². The maximum absolute atomic E-state index is 2.43. The first-order valence-corrected chi connectivity index (χ1v) is 18.7. The smallest absolute Gasteiger partial charge is 0.0165 e. The molecule has 0 bridgehead atoms. The molecule has 0 N–H and O–H groups in total. The summed E-state index contributed by atoms with van der Waals surface area (Å²) in [6.07, 6.45) is 0. The Bertz CT molecular complexity index is 3080. The molecule has 0 aliphatic heterocycles. The second-order valence-electron chi connectivity index (χ2n) is 15.2. The molecule has 53 heavy (non-hydrogen) atoms. The summed E-state index contributed by atoms with van der Waals surface area (Å²) in [6, 6.07) is 68.0. The average molecular weight is 673 g/mol. The van der Waals surface area contributed by atoms with Crippen LogP contribution in [0.25, 0.3) is 98.4 Å². The van der Waals surface area contributed by atoms with Gasteiger partial charge in [0.2, 0.25) is 0 Å². The number of rotatable bonds is 3. The van der Waals surface area contributed by atoms with E-state index in [1.165, 1.54) is 109 Å². The molecule has 248 valence electrons. The largest absolute Gasteiger partial charge is 0.0616 e. The lowest BCUT2D eigenvalue weighted by atomic mass is 9.78. The minimum Gasteiger partial charge on any atom is -0.0616 e. The van der Waals surface area contributed by atoms with Crippen LogP contribution < -0.4 is 0 Å². The van der Waals surface area contributed by atoms with Gasteiger partial charge in [-0.3, -0.25) is 0 Å². The monoisotopic (exact) mass is 672 g/mol. The van der Waals surface area contributed by atoms with Crippen molar-refractivity contribution >= 4 is 53.9 Å². The van der Waals surface area contributed by atoms with Crippen molar-refractivity contribution in [2.75, 3.05) is 0 Å². The fraction of sp³-hybridized carbons (Fsp3) is 0.0566. The van der Waals surface area contributed by atoms with E-state index in [9.17, 15) is 0 Å². The molecule has 0 nitrogen and oxygen atoms in total. The van der Waals surface area contributed by atoms with Crippen molar-refractivity contribution < 1.29 is 0 Å². The zero-order valence-corrected chi connectivity index (χ0v) is 29.8. The number of fused-ring (bicyclic) bond motifs is 9. The zero-order valence-electron chi connectivity index (χ0n) is 29.8. The van der Waals surface area contributed by atoms with Crippen molar-refractivity contribution in [1.29, 1.82) is 0 Å². The van der Waals surface area contributed by atoms with Gasteiger partial charge in [-0.2, -0.15) is 0 Å². The van der Waals surface area contributed by atoms with Crippen molar-refractivity contribution in [3.63, 3.8) is 0 Å². The Morgan fingerprint density at radius 2 is 0.792 bits per heavy atom. The van der Waals surface area contributed by atoms with Gasteiger partial charge in [-0.25, -0.2) is 0 Å². The standard InChI is InChI=1S/C53H36/c1-53(2)49-32-36-15-4-3-14-35(36)30-48(49)46-24-12-23-41(52(46)53)37-16-11-17-38(29-37)50-42-19-7-9-21-44(42)51(45-22-10-8-20-43(45)50)39-28-27-34-26-25-33-13-5-6-18-40(33)47(34)31-39/h3-32H,1-2H3. The van der Waals surface area contributed by atoms with Crippen LogP contribution in [0, 0.1) is 0 Å². The molecule has 0 amide bonds. The van der Waals surface area contributed by atoms with E-state index in [-0.39, 0.29) is 5.41 Å². The van der Waals surface area contributed by atoms with Gasteiger partial charge in [0.15, 0.2) is 0 Å². The quantitative estimate of drug-likeness (QED) is 0.129. The molecule has 10 aromatic rings. The Hall–Kier alpha value is -6.50. The second kappa shape index (κ2) is 11.2. The van der Waals surface area contributed by atoms with Crippen molar-refractivity contribution in [2.45, 2.75) is 19.3 Å². The van der Waals surface area contributed by atoms with Gasteiger partial charge in [0.1, 0.15) is 0 Å². The van der Waals surface area contributed by atoms with Gasteiger partial charge in [0, 0.05) is 5.41 Å². The second-order valence-corrected chi connectivity index (χ2v) is 15.2. The van der Waals surface area contributed by atoms with Crippen molar-refractivity contribution in [3.8, 4) is 44.5 Å². The third-order valence-electron chi connectivity index (χ3n) is 12.0. The molecule has 0 heteroatoms. The van der Waals surface area contributed by atoms with E-state index in [0.717, 1.165) is 0 Å². The first-order valence-electron chi connectivity index (χ1n) is 18.7. The Kier molecular flexibility index (Phi) is 6.40. The summed E-state index contributed by atoms with van der Waals surface area (Å²) in [6.45, 7) is 4.80. The molecule has 1 aliphatic rings. The highest BCUT2D eigenvalue weighted by Gasteiger charge is 2.37. The maximum atomic E-state index is 2.43. The van der Waals surface area contributed by atoms with E-state index in [1.54, 1.807) is 0 Å². The third kappa shape index (κ3) is 4.42. The van der Waals surface area contributed by atoms with E-state index >= 15 is 0 Å². The van der Waals surface area contributed by atoms with Crippen LogP contribution in [0.4, 0.5) is 0 Å². The minimum absolute atomic E-state index is 0.131. The Balaban J connectivity index is 1.13. The summed E-state index contributed by atoms with van der Waals surface area (Å²) in [5.41, 5.74) is 13.0. The molecule has 0 atom stereocenters. The van der Waals surface area contributed by atoms with Crippen LogP contribution in [-0.2, 0) is 5.41 Å². The molecule has 0 saturated carbocycles. The SMILES string of the molecule is CC1(C)c2cc3ccccc3cc2-c2cccc(-c3cccc(-c4c5ccccc5c(-c5ccc6ccc7ccccc7c6c5)c5ccccc45)c3)c21. The normalized spacial score (nSPS) is 13.2. The highest BCUT2D eigenvalue weighted by atomic mass is 14.4. The molecule has 0 spiro atoms. The Labute approximate surface area is 309 Å². The molecule has 0 unspecified atom stereocenters. The van der Waals surface area contributed by atoms with Gasteiger partial charge in [0.05, 0.1) is 0 Å². The van der Waals surface area contributed by atoms with E-state index in [4.69, 9.17) is 0 Å². The molecule has 1 aliphatic carbocycles. The first kappa shape index (κ1) is 30.2. The van der Waals surface area contributed by atoms with Gasteiger partial charge < -0.3 is 0 Å². The van der Waals surface area contributed by atoms with Crippen LogP contribution in [0.5, 0.6) is 0 Å². The van der Waals surface area contributed by atoms with Crippen LogP contribution in [0.2, 0.25) is 0 Å². The van der Waals surface area contributed by atoms with E-state index in [2.05, 4.69) is 196 Å². The van der Waals surface area contributed by atoms with Gasteiger partial charge in [-0.15, -0.1) is 0 Å². The molecule has 0 aromatic heterocycles. The summed E-state index contributed by atoms with van der Waals surface area (Å²) >= 11 is 0. The van der Waals surface area contributed by atoms with E-state index in [1.807, 2.05) is 0 Å². The van der Waals surface area contributed by atoms with E-state index in [0.29, 0.717) is 0 Å². The van der Waals surface area contributed by atoms with Crippen LogP contribution >= 0.6 is 0 Å². The highest BCUT2D eigenvalue weighted by Crippen LogP contribution is 2.53. The van der Waals surface area contributed by atoms with Gasteiger partial charge in [0.25, 0.3) is 0 Å². The molecule has 11 rings (SSSR count). The van der Waals surface area contributed by atoms with Crippen LogP contribution in [0.3, 0.4) is 0 Å². The third-order valence-corrected chi connectivity index (χ3v) is 12.0. The Morgan fingerprint density at radius 3 is 1.47 bits per heavy atom. The van der Waals surface area contributed by atoms with Crippen molar-refractivity contribution in [1.82, 2.24) is 0 Å². The number of hydrogen-bond acceptors (Lipinski definition) is 0. The van der Waals surface area contributed by atoms with Crippen molar-refractivity contribution in [3.05, 3.63) is 193 Å². The van der Waals surface area contributed by atoms with Crippen LogP contribution in [-0.4, -0.2) is 0 Å². The lowest BCUT2D eigenvalue weighted by molar-refractivity contribution is 0.663. The molecular formula is C53H36. The van der Waals surface area contributed by atoms with Crippen LogP contribution in [0.15, 0.2) is 182 Å². The molecule has 0 heterocycles. The summed E-state index contributed by atoms with van der Waals surface area (Å²) < 4.78 is 0.